The monoisotopic (exact) mass is 467 g/mol. The summed E-state index contributed by atoms with van der Waals surface area (Å²) in [6.07, 6.45) is 4.91. The number of halogens is 2. The molecule has 0 aliphatic carbocycles. The number of hydrogen-bond acceptors (Lipinski definition) is 5. The van der Waals surface area contributed by atoms with Crippen LogP contribution in [0.1, 0.15) is 10.4 Å². The Morgan fingerprint density at radius 3 is 2.26 bits per heavy atom. The highest BCUT2D eigenvalue weighted by Crippen LogP contribution is 2.28. The fourth-order valence-corrected chi connectivity index (χ4v) is 3.61. The third kappa shape index (κ3) is 4.91. The molecule has 3 aromatic carbocycles. The predicted octanol–water partition coefficient (Wildman–Crippen LogP) is 6.65. The molecule has 0 unspecified atom stereocenters. The third-order valence-corrected chi connectivity index (χ3v) is 5.33. The fraction of sp³-hybridized carbons (Fsp3) is 0. The second-order valence-corrected chi connectivity index (χ2v) is 7.70. The summed E-state index contributed by atoms with van der Waals surface area (Å²) >= 11 is 0. The molecule has 0 atom stereocenters. The highest BCUT2D eigenvalue weighted by Gasteiger charge is 2.16. The summed E-state index contributed by atoms with van der Waals surface area (Å²) in [5.41, 5.74) is 3.23. The van der Waals surface area contributed by atoms with Gasteiger partial charge in [-0.15, -0.1) is 0 Å². The summed E-state index contributed by atoms with van der Waals surface area (Å²) in [7, 11) is 0. The van der Waals surface area contributed by atoms with Gasteiger partial charge < -0.3 is 16.0 Å². The molecule has 172 valence electrons. The van der Waals surface area contributed by atoms with Gasteiger partial charge in [0.15, 0.2) is 5.82 Å². The van der Waals surface area contributed by atoms with E-state index < -0.39 is 17.5 Å². The standard InChI is InChI=1S/C27H19F2N5O/c28-17-4-9-23-22(16-17)24(12-15-31-23)34-25-3-1-2-21(26(25)29)27(35)33-19-7-5-18(6-8-19)32-20-10-13-30-14-11-20/h1-16H,(H,30,32)(H,31,34)(H,33,35). The van der Waals surface area contributed by atoms with Gasteiger partial charge in [0.1, 0.15) is 5.82 Å². The lowest BCUT2D eigenvalue weighted by molar-refractivity contribution is 0.102. The molecule has 5 rings (SSSR count). The number of amides is 1. The van der Waals surface area contributed by atoms with Crippen molar-refractivity contribution in [3.8, 4) is 0 Å². The number of benzene rings is 3. The topological polar surface area (TPSA) is 78.9 Å². The van der Waals surface area contributed by atoms with Gasteiger partial charge in [-0.2, -0.15) is 0 Å². The van der Waals surface area contributed by atoms with Crippen LogP contribution in [0.2, 0.25) is 0 Å². The van der Waals surface area contributed by atoms with E-state index in [2.05, 4.69) is 25.9 Å². The van der Waals surface area contributed by atoms with Crippen molar-refractivity contribution in [3.05, 3.63) is 115 Å². The van der Waals surface area contributed by atoms with Crippen molar-refractivity contribution >= 4 is 45.2 Å². The van der Waals surface area contributed by atoms with Crippen LogP contribution in [0.15, 0.2) is 97.5 Å². The van der Waals surface area contributed by atoms with Crippen molar-refractivity contribution in [1.82, 2.24) is 9.97 Å². The van der Waals surface area contributed by atoms with Gasteiger partial charge in [0, 0.05) is 46.7 Å². The predicted molar refractivity (Wildman–Crippen MR) is 133 cm³/mol. The molecular formula is C27H19F2N5O. The zero-order valence-electron chi connectivity index (χ0n) is 18.3. The maximum Gasteiger partial charge on any atom is 0.258 e. The molecule has 0 bridgehead atoms. The number of aromatic nitrogens is 2. The first-order chi connectivity index (χ1) is 17.1. The van der Waals surface area contributed by atoms with Crippen molar-refractivity contribution in [2.75, 3.05) is 16.0 Å². The zero-order valence-corrected chi connectivity index (χ0v) is 18.3. The van der Waals surface area contributed by atoms with Crippen molar-refractivity contribution in [2.24, 2.45) is 0 Å². The number of carbonyl (C=O) groups is 1. The van der Waals surface area contributed by atoms with Crippen molar-refractivity contribution in [3.63, 3.8) is 0 Å². The molecule has 2 heterocycles. The molecule has 0 spiro atoms. The SMILES string of the molecule is O=C(Nc1ccc(Nc2ccncc2)cc1)c1cccc(Nc2ccnc3ccc(F)cc23)c1F. The first-order valence-corrected chi connectivity index (χ1v) is 10.7. The van der Waals surface area contributed by atoms with E-state index in [1.165, 1.54) is 24.3 Å². The lowest BCUT2D eigenvalue weighted by atomic mass is 10.1. The Labute approximate surface area is 199 Å². The van der Waals surface area contributed by atoms with E-state index in [4.69, 9.17) is 0 Å². The van der Waals surface area contributed by atoms with Gasteiger partial charge in [0.2, 0.25) is 0 Å². The van der Waals surface area contributed by atoms with E-state index in [0.717, 1.165) is 11.4 Å². The third-order valence-electron chi connectivity index (χ3n) is 5.33. The van der Waals surface area contributed by atoms with Crippen molar-refractivity contribution < 1.29 is 13.6 Å². The summed E-state index contributed by atoms with van der Waals surface area (Å²) < 4.78 is 29.0. The molecule has 6 nitrogen and oxygen atoms in total. The molecule has 35 heavy (non-hydrogen) atoms. The zero-order chi connectivity index (χ0) is 24.2. The van der Waals surface area contributed by atoms with Gasteiger partial charge in [-0.1, -0.05) is 6.07 Å². The van der Waals surface area contributed by atoms with Crippen LogP contribution in [0.3, 0.4) is 0 Å². The van der Waals surface area contributed by atoms with Crippen LogP contribution in [0.25, 0.3) is 10.9 Å². The smallest absolute Gasteiger partial charge is 0.258 e. The van der Waals surface area contributed by atoms with Crippen LogP contribution in [-0.4, -0.2) is 15.9 Å². The van der Waals surface area contributed by atoms with E-state index in [0.29, 0.717) is 22.3 Å². The van der Waals surface area contributed by atoms with Crippen molar-refractivity contribution in [2.45, 2.75) is 0 Å². The molecule has 0 saturated heterocycles. The first kappa shape index (κ1) is 22.0. The molecule has 8 heteroatoms. The Kier molecular flexibility index (Phi) is 6.00. The molecule has 0 fully saturated rings. The molecule has 0 aliphatic rings. The maximum absolute atomic E-state index is 15.3. The molecule has 0 saturated carbocycles. The minimum absolute atomic E-state index is 0.0892. The van der Waals surface area contributed by atoms with E-state index in [9.17, 15) is 9.18 Å². The largest absolute Gasteiger partial charge is 0.355 e. The Balaban J connectivity index is 1.33. The van der Waals surface area contributed by atoms with Crippen molar-refractivity contribution in [1.29, 1.82) is 0 Å². The van der Waals surface area contributed by atoms with Gasteiger partial charge in [-0.05, 0) is 72.8 Å². The fourth-order valence-electron chi connectivity index (χ4n) is 3.61. The second kappa shape index (κ2) is 9.56. The molecule has 0 aliphatic heterocycles. The number of nitrogens with one attached hydrogen (secondary N) is 3. The van der Waals surface area contributed by atoms with Crippen LogP contribution in [0.5, 0.6) is 0 Å². The lowest BCUT2D eigenvalue weighted by Crippen LogP contribution is -2.14. The molecule has 1 amide bonds. The van der Waals surface area contributed by atoms with E-state index in [1.807, 2.05) is 12.1 Å². The van der Waals surface area contributed by atoms with Crippen LogP contribution in [0, 0.1) is 11.6 Å². The molecule has 0 radical (unpaired) electrons. The minimum atomic E-state index is -0.720. The number of fused-ring (bicyclic) bond motifs is 1. The Morgan fingerprint density at radius 2 is 1.46 bits per heavy atom. The van der Waals surface area contributed by atoms with Crippen LogP contribution in [0.4, 0.5) is 37.2 Å². The number of hydrogen-bond donors (Lipinski definition) is 3. The number of nitrogens with zero attached hydrogens (tertiary/aromatic N) is 2. The Hall–Kier alpha value is -4.85. The molecule has 5 aromatic rings. The highest BCUT2D eigenvalue weighted by atomic mass is 19.1. The van der Waals surface area contributed by atoms with Gasteiger partial charge in [-0.25, -0.2) is 8.78 Å². The van der Waals surface area contributed by atoms with E-state index >= 15 is 4.39 Å². The second-order valence-electron chi connectivity index (χ2n) is 7.70. The summed E-state index contributed by atoms with van der Waals surface area (Å²) in [6.45, 7) is 0. The summed E-state index contributed by atoms with van der Waals surface area (Å²) in [5.74, 6) is -1.74. The normalized spacial score (nSPS) is 10.7. The molecule has 2 aromatic heterocycles. The van der Waals surface area contributed by atoms with Gasteiger partial charge in [0.05, 0.1) is 16.8 Å². The minimum Gasteiger partial charge on any atom is -0.355 e. The van der Waals surface area contributed by atoms with Crippen LogP contribution < -0.4 is 16.0 Å². The van der Waals surface area contributed by atoms with E-state index in [1.54, 1.807) is 61.1 Å². The Bertz CT molecular complexity index is 1510. The average molecular weight is 467 g/mol. The first-order valence-electron chi connectivity index (χ1n) is 10.7. The van der Waals surface area contributed by atoms with Gasteiger partial charge >= 0.3 is 0 Å². The number of anilines is 5. The summed E-state index contributed by atoms with van der Waals surface area (Å²) in [5, 5.41) is 9.40. The number of rotatable bonds is 6. The van der Waals surface area contributed by atoms with Crippen LogP contribution >= 0.6 is 0 Å². The van der Waals surface area contributed by atoms with Gasteiger partial charge in [0.25, 0.3) is 5.91 Å². The maximum atomic E-state index is 15.3. The lowest BCUT2D eigenvalue weighted by Gasteiger charge is -2.13. The van der Waals surface area contributed by atoms with E-state index in [-0.39, 0.29) is 11.3 Å². The summed E-state index contributed by atoms with van der Waals surface area (Å²) in [6, 6.07) is 21.0. The number of carbonyl (C=O) groups excluding carboxylic acids is 1. The molecular weight excluding hydrogens is 448 g/mol. The number of pyridine rings is 2. The quantitative estimate of drug-likeness (QED) is 0.261. The Morgan fingerprint density at radius 1 is 0.714 bits per heavy atom. The van der Waals surface area contributed by atoms with Crippen LogP contribution in [-0.2, 0) is 0 Å². The highest BCUT2D eigenvalue weighted by molar-refractivity contribution is 6.05. The average Bonchev–Trinajstić information content (AvgIpc) is 2.87. The van der Waals surface area contributed by atoms with Gasteiger partial charge in [-0.3, -0.25) is 14.8 Å². The summed E-state index contributed by atoms with van der Waals surface area (Å²) in [4.78, 5) is 21.0. The molecule has 3 N–H and O–H groups in total.